The first-order chi connectivity index (χ1) is 6.74. The standard InChI is InChI=1S/C12H17NO/c1-9-3-2-4-11(7-9)14-12-6-5-10(13)8-12/h2-4,7,10,12H,5-6,8,13H2,1H3. The van der Waals surface area contributed by atoms with Crippen molar-refractivity contribution in [3.05, 3.63) is 29.8 Å². The largest absolute Gasteiger partial charge is 0.490 e. The van der Waals surface area contributed by atoms with Crippen LogP contribution in [0.2, 0.25) is 0 Å². The summed E-state index contributed by atoms with van der Waals surface area (Å²) in [5, 5.41) is 0. The number of rotatable bonds is 2. The second-order valence-electron chi connectivity index (χ2n) is 4.13. The van der Waals surface area contributed by atoms with Crippen LogP contribution in [0.5, 0.6) is 5.75 Å². The Morgan fingerprint density at radius 3 is 2.86 bits per heavy atom. The van der Waals surface area contributed by atoms with Crippen LogP contribution in [0.25, 0.3) is 0 Å². The van der Waals surface area contributed by atoms with Gasteiger partial charge in [0.15, 0.2) is 0 Å². The Hall–Kier alpha value is -1.02. The SMILES string of the molecule is Cc1cccc(OC2CCC(N)C2)c1. The Balaban J connectivity index is 1.97. The summed E-state index contributed by atoms with van der Waals surface area (Å²) < 4.78 is 5.85. The van der Waals surface area contributed by atoms with E-state index >= 15 is 0 Å². The Morgan fingerprint density at radius 1 is 1.36 bits per heavy atom. The lowest BCUT2D eigenvalue weighted by atomic mass is 10.2. The number of aryl methyl sites for hydroxylation is 1. The van der Waals surface area contributed by atoms with Crippen molar-refractivity contribution in [1.82, 2.24) is 0 Å². The highest BCUT2D eigenvalue weighted by Gasteiger charge is 2.22. The zero-order valence-corrected chi connectivity index (χ0v) is 8.57. The van der Waals surface area contributed by atoms with E-state index in [9.17, 15) is 0 Å². The number of hydrogen-bond donors (Lipinski definition) is 1. The van der Waals surface area contributed by atoms with E-state index in [4.69, 9.17) is 10.5 Å². The normalized spacial score (nSPS) is 26.4. The van der Waals surface area contributed by atoms with Crippen LogP contribution in [-0.4, -0.2) is 12.1 Å². The fraction of sp³-hybridized carbons (Fsp3) is 0.500. The molecule has 1 aliphatic carbocycles. The van der Waals surface area contributed by atoms with Crippen LogP contribution in [0.4, 0.5) is 0 Å². The molecule has 2 atom stereocenters. The van der Waals surface area contributed by atoms with Crippen LogP contribution in [-0.2, 0) is 0 Å². The maximum atomic E-state index is 5.85. The van der Waals surface area contributed by atoms with Crippen LogP contribution >= 0.6 is 0 Å². The molecule has 2 N–H and O–H groups in total. The van der Waals surface area contributed by atoms with Gasteiger partial charge in [-0.2, -0.15) is 0 Å². The molecule has 76 valence electrons. The van der Waals surface area contributed by atoms with Gasteiger partial charge in [-0.25, -0.2) is 0 Å². The number of benzene rings is 1. The minimum atomic E-state index is 0.326. The zero-order valence-electron chi connectivity index (χ0n) is 8.57. The molecule has 0 radical (unpaired) electrons. The van der Waals surface area contributed by atoms with Crippen molar-refractivity contribution >= 4 is 0 Å². The van der Waals surface area contributed by atoms with Gasteiger partial charge in [0.05, 0.1) is 0 Å². The molecule has 1 fully saturated rings. The van der Waals surface area contributed by atoms with Crippen LogP contribution in [0.1, 0.15) is 24.8 Å². The molecule has 1 aromatic carbocycles. The maximum absolute atomic E-state index is 5.85. The molecule has 0 spiro atoms. The number of hydrogen-bond acceptors (Lipinski definition) is 2. The average molecular weight is 191 g/mol. The van der Waals surface area contributed by atoms with Gasteiger partial charge in [-0.3, -0.25) is 0 Å². The molecule has 0 bridgehead atoms. The van der Waals surface area contributed by atoms with Crippen molar-refractivity contribution in [1.29, 1.82) is 0 Å². The van der Waals surface area contributed by atoms with Crippen molar-refractivity contribution in [2.75, 3.05) is 0 Å². The van der Waals surface area contributed by atoms with Crippen LogP contribution in [0, 0.1) is 6.92 Å². The smallest absolute Gasteiger partial charge is 0.119 e. The minimum absolute atomic E-state index is 0.326. The summed E-state index contributed by atoms with van der Waals surface area (Å²) in [6.07, 6.45) is 3.51. The average Bonchev–Trinajstić information content (AvgIpc) is 2.51. The third-order valence-corrected chi connectivity index (χ3v) is 2.72. The van der Waals surface area contributed by atoms with E-state index in [1.165, 1.54) is 5.56 Å². The van der Waals surface area contributed by atoms with Gasteiger partial charge >= 0.3 is 0 Å². The molecule has 2 unspecified atom stereocenters. The second-order valence-corrected chi connectivity index (χ2v) is 4.13. The highest BCUT2D eigenvalue weighted by molar-refractivity contribution is 5.27. The summed E-state index contributed by atoms with van der Waals surface area (Å²) in [5.41, 5.74) is 7.07. The molecular formula is C12H17NO. The van der Waals surface area contributed by atoms with Crippen molar-refractivity contribution in [3.63, 3.8) is 0 Å². The van der Waals surface area contributed by atoms with Crippen molar-refractivity contribution < 1.29 is 4.74 Å². The van der Waals surface area contributed by atoms with E-state index in [1.54, 1.807) is 0 Å². The Kier molecular flexibility index (Phi) is 2.73. The number of nitrogens with two attached hydrogens (primary N) is 1. The molecule has 0 saturated heterocycles. The van der Waals surface area contributed by atoms with Crippen LogP contribution < -0.4 is 10.5 Å². The van der Waals surface area contributed by atoms with Gasteiger partial charge in [-0.1, -0.05) is 12.1 Å². The molecule has 2 rings (SSSR count). The third kappa shape index (κ3) is 2.26. The van der Waals surface area contributed by atoms with Gasteiger partial charge < -0.3 is 10.5 Å². The van der Waals surface area contributed by atoms with E-state index < -0.39 is 0 Å². The van der Waals surface area contributed by atoms with Gasteiger partial charge in [0, 0.05) is 6.04 Å². The van der Waals surface area contributed by atoms with E-state index in [0.717, 1.165) is 25.0 Å². The van der Waals surface area contributed by atoms with E-state index in [0.29, 0.717) is 12.1 Å². The zero-order chi connectivity index (χ0) is 9.97. The monoisotopic (exact) mass is 191 g/mol. The molecule has 0 aromatic heterocycles. The first-order valence-electron chi connectivity index (χ1n) is 5.23. The Bertz CT molecular complexity index is 311. The summed E-state index contributed by atoms with van der Waals surface area (Å²) in [5.74, 6) is 0.976. The van der Waals surface area contributed by atoms with Crippen LogP contribution in [0.3, 0.4) is 0 Å². The molecule has 14 heavy (non-hydrogen) atoms. The molecule has 1 aromatic rings. The van der Waals surface area contributed by atoms with Gasteiger partial charge in [-0.15, -0.1) is 0 Å². The Labute approximate surface area is 85.1 Å². The van der Waals surface area contributed by atoms with Gasteiger partial charge in [0.25, 0.3) is 0 Å². The molecule has 2 heteroatoms. The maximum Gasteiger partial charge on any atom is 0.119 e. The quantitative estimate of drug-likeness (QED) is 0.778. The summed E-state index contributed by atoms with van der Waals surface area (Å²) in [7, 11) is 0. The third-order valence-electron chi connectivity index (χ3n) is 2.72. The highest BCUT2D eigenvalue weighted by atomic mass is 16.5. The van der Waals surface area contributed by atoms with Crippen LogP contribution in [0.15, 0.2) is 24.3 Å². The predicted molar refractivity (Wildman–Crippen MR) is 57.4 cm³/mol. The summed E-state index contributed by atoms with van der Waals surface area (Å²) >= 11 is 0. The van der Waals surface area contributed by atoms with E-state index in [-0.39, 0.29) is 0 Å². The molecule has 2 nitrogen and oxygen atoms in total. The lowest BCUT2D eigenvalue weighted by Gasteiger charge is -2.13. The first kappa shape index (κ1) is 9.53. The fourth-order valence-electron chi connectivity index (χ4n) is 1.96. The first-order valence-corrected chi connectivity index (χ1v) is 5.23. The van der Waals surface area contributed by atoms with E-state index in [1.807, 2.05) is 12.1 Å². The van der Waals surface area contributed by atoms with Gasteiger partial charge in [0.2, 0.25) is 0 Å². The van der Waals surface area contributed by atoms with Crippen molar-refractivity contribution in [2.45, 2.75) is 38.3 Å². The molecule has 0 heterocycles. The van der Waals surface area contributed by atoms with Gasteiger partial charge in [0.1, 0.15) is 11.9 Å². The predicted octanol–water partition coefficient (Wildman–Crippen LogP) is 2.25. The summed E-state index contributed by atoms with van der Waals surface area (Å²) in [6.45, 7) is 2.08. The van der Waals surface area contributed by atoms with Crippen molar-refractivity contribution in [2.24, 2.45) is 5.73 Å². The molecular weight excluding hydrogens is 174 g/mol. The lowest BCUT2D eigenvalue weighted by Crippen LogP contribution is -2.19. The molecule has 0 aliphatic heterocycles. The Morgan fingerprint density at radius 2 is 2.21 bits per heavy atom. The summed E-state index contributed by atoms with van der Waals surface area (Å²) in [6, 6.07) is 8.53. The molecule has 1 aliphatic rings. The minimum Gasteiger partial charge on any atom is -0.490 e. The topological polar surface area (TPSA) is 35.2 Å². The van der Waals surface area contributed by atoms with Gasteiger partial charge in [-0.05, 0) is 43.9 Å². The lowest BCUT2D eigenvalue weighted by molar-refractivity contribution is 0.208. The van der Waals surface area contributed by atoms with E-state index in [2.05, 4.69) is 19.1 Å². The molecule has 1 saturated carbocycles. The molecule has 0 amide bonds. The highest BCUT2D eigenvalue weighted by Crippen LogP contribution is 2.23. The summed E-state index contributed by atoms with van der Waals surface area (Å²) in [4.78, 5) is 0. The fourth-order valence-corrected chi connectivity index (χ4v) is 1.96. The van der Waals surface area contributed by atoms with Crippen molar-refractivity contribution in [3.8, 4) is 5.75 Å². The second kappa shape index (κ2) is 4.01. The number of ether oxygens (including phenoxy) is 1.